The molecular weight excluding hydrogens is 529 g/mol. The van der Waals surface area contributed by atoms with Crippen molar-refractivity contribution in [3.63, 3.8) is 0 Å². The van der Waals surface area contributed by atoms with Gasteiger partial charge in [-0.15, -0.1) is 11.8 Å². The molecule has 0 spiro atoms. The molecule has 7 atom stereocenters. The summed E-state index contributed by atoms with van der Waals surface area (Å²) in [7, 11) is -2.00. The van der Waals surface area contributed by atoms with Crippen molar-refractivity contribution in [1.82, 2.24) is 0 Å². The lowest BCUT2D eigenvalue weighted by molar-refractivity contribution is -0.0417. The molecule has 0 saturated heterocycles. The van der Waals surface area contributed by atoms with Crippen molar-refractivity contribution in [2.24, 2.45) is 22.7 Å². The summed E-state index contributed by atoms with van der Waals surface area (Å²) in [5.74, 6) is 8.18. The molecule has 4 aliphatic rings. The summed E-state index contributed by atoms with van der Waals surface area (Å²) in [6.07, 6.45) is 13.5. The summed E-state index contributed by atoms with van der Waals surface area (Å²) in [4.78, 5) is 0. The number of hydrogen-bond donors (Lipinski definition) is 2. The van der Waals surface area contributed by atoms with E-state index < -0.39 is 13.9 Å². The zero-order valence-corrected chi connectivity index (χ0v) is 28.8. The maximum absolute atomic E-state index is 10.9. The fourth-order valence-electron chi connectivity index (χ4n) is 7.86. The molecule has 5 heteroatoms. The van der Waals surface area contributed by atoms with E-state index in [1.807, 2.05) is 25.6 Å². The number of fused-ring (bicyclic) bond motifs is 5. The standard InChI is InChI=1S/C35H56O3SSi/c1-11-35(37,12-2)19-13-21-39-24(3)28-16-17-29-27-15-14-25-22-26(36)23-31(38-40(9,10)32(4,5)6)34(25,8)30(27)18-20-33(28,29)7/h14-16,24,26,29-31,36-37H,11-12,17-18,20-23H2,1-10H3/t24?,26?,29-,30-,31?,33+,34-/m0/s1. The summed E-state index contributed by atoms with van der Waals surface area (Å²) in [6, 6.07) is 0. The Kier molecular flexibility index (Phi) is 9.15. The van der Waals surface area contributed by atoms with Gasteiger partial charge < -0.3 is 14.6 Å². The summed E-state index contributed by atoms with van der Waals surface area (Å²) >= 11 is 1.92. The first-order valence-corrected chi connectivity index (χ1v) is 19.8. The van der Waals surface area contributed by atoms with Gasteiger partial charge in [0.15, 0.2) is 8.32 Å². The first kappa shape index (κ1) is 32.1. The first-order valence-electron chi connectivity index (χ1n) is 15.8. The van der Waals surface area contributed by atoms with Gasteiger partial charge in [-0.2, -0.15) is 0 Å². The zero-order valence-electron chi connectivity index (χ0n) is 27.0. The third-order valence-corrected chi connectivity index (χ3v) is 17.4. The number of aliphatic hydroxyl groups excluding tert-OH is 1. The van der Waals surface area contributed by atoms with Gasteiger partial charge in [-0.05, 0) is 87.3 Å². The topological polar surface area (TPSA) is 49.7 Å². The summed E-state index contributed by atoms with van der Waals surface area (Å²) in [5, 5.41) is 22.0. The Morgan fingerprint density at radius 3 is 2.45 bits per heavy atom. The van der Waals surface area contributed by atoms with E-state index in [1.165, 1.54) is 18.4 Å². The molecule has 40 heavy (non-hydrogen) atoms. The molecule has 2 saturated carbocycles. The van der Waals surface area contributed by atoms with Crippen molar-refractivity contribution in [3.8, 4) is 11.8 Å². The Morgan fingerprint density at radius 1 is 1.15 bits per heavy atom. The largest absolute Gasteiger partial charge is 0.413 e. The third-order valence-electron chi connectivity index (χ3n) is 11.8. The average molecular weight is 585 g/mol. The Balaban J connectivity index is 1.55. The zero-order chi connectivity index (χ0) is 29.7. The molecule has 4 rings (SSSR count). The van der Waals surface area contributed by atoms with E-state index in [2.05, 4.69) is 84.7 Å². The minimum atomic E-state index is -2.00. The molecule has 0 aliphatic heterocycles. The predicted molar refractivity (Wildman–Crippen MR) is 174 cm³/mol. The van der Waals surface area contributed by atoms with Crippen LogP contribution in [0.5, 0.6) is 0 Å². The van der Waals surface area contributed by atoms with Crippen LogP contribution in [0.15, 0.2) is 34.9 Å². The smallest absolute Gasteiger partial charge is 0.192 e. The maximum atomic E-state index is 10.9. The van der Waals surface area contributed by atoms with Crippen LogP contribution >= 0.6 is 11.8 Å². The van der Waals surface area contributed by atoms with Crippen molar-refractivity contribution >= 4 is 20.1 Å². The first-order chi connectivity index (χ1) is 18.5. The Bertz CT molecular complexity index is 1110. The monoisotopic (exact) mass is 584 g/mol. The molecule has 2 N–H and O–H groups in total. The average Bonchev–Trinajstić information content (AvgIpc) is 3.23. The second kappa shape index (κ2) is 11.4. The van der Waals surface area contributed by atoms with Gasteiger partial charge in [0, 0.05) is 10.7 Å². The lowest BCUT2D eigenvalue weighted by Crippen LogP contribution is -2.57. The third kappa shape index (κ3) is 5.62. The second-order valence-corrected chi connectivity index (χ2v) is 21.1. The molecule has 0 amide bonds. The normalized spacial score (nSPS) is 34.9. The fourth-order valence-corrected chi connectivity index (χ4v) is 10.2. The van der Waals surface area contributed by atoms with E-state index in [9.17, 15) is 10.2 Å². The van der Waals surface area contributed by atoms with Crippen LogP contribution in [0.25, 0.3) is 0 Å². The van der Waals surface area contributed by atoms with Crippen molar-refractivity contribution in [2.75, 3.05) is 5.75 Å². The van der Waals surface area contributed by atoms with E-state index in [1.54, 1.807) is 11.1 Å². The number of hydrogen-bond acceptors (Lipinski definition) is 4. The number of thioether (sulfide) groups is 1. The van der Waals surface area contributed by atoms with E-state index in [4.69, 9.17) is 4.43 Å². The molecule has 0 bridgehead atoms. The lowest BCUT2D eigenvalue weighted by Gasteiger charge is -2.58. The van der Waals surface area contributed by atoms with Crippen molar-refractivity contribution in [3.05, 3.63) is 34.9 Å². The number of rotatable bonds is 7. The van der Waals surface area contributed by atoms with E-state index in [0.717, 1.165) is 25.0 Å². The van der Waals surface area contributed by atoms with Crippen LogP contribution in [0.1, 0.15) is 100 Å². The van der Waals surface area contributed by atoms with Gasteiger partial charge in [-0.3, -0.25) is 0 Å². The van der Waals surface area contributed by atoms with Crippen LogP contribution in [0.4, 0.5) is 0 Å². The number of allylic oxidation sites excluding steroid dienone is 4. The highest BCUT2D eigenvalue weighted by molar-refractivity contribution is 8.00. The Labute approximate surface area is 250 Å². The molecule has 0 heterocycles. The minimum absolute atomic E-state index is 0.0474. The summed E-state index contributed by atoms with van der Waals surface area (Å²) < 4.78 is 7.19. The van der Waals surface area contributed by atoms with Crippen LogP contribution < -0.4 is 0 Å². The van der Waals surface area contributed by atoms with Gasteiger partial charge in [-0.1, -0.05) is 95.3 Å². The SMILES string of the molecule is CCC(O)(C#CCSC(C)C1=CC[C@H]2C3=CC=C4CC(O)CC(O[Si](C)(C)C(C)(C)C)[C@]4(C)[C@H]3CC[C@]12C)CC. The van der Waals surface area contributed by atoms with Crippen LogP contribution in [-0.4, -0.2) is 47.3 Å². The summed E-state index contributed by atoms with van der Waals surface area (Å²) in [5.41, 5.74) is 3.91. The highest BCUT2D eigenvalue weighted by Gasteiger charge is 2.58. The van der Waals surface area contributed by atoms with Crippen molar-refractivity contribution in [1.29, 1.82) is 0 Å². The highest BCUT2D eigenvalue weighted by Crippen LogP contribution is 2.65. The van der Waals surface area contributed by atoms with Crippen molar-refractivity contribution in [2.45, 2.75) is 142 Å². The lowest BCUT2D eigenvalue weighted by atomic mass is 9.49. The van der Waals surface area contributed by atoms with Gasteiger partial charge in [0.05, 0.1) is 18.0 Å². The quantitative estimate of drug-likeness (QED) is 0.179. The fraction of sp³-hybridized carbons (Fsp3) is 0.771. The van der Waals surface area contributed by atoms with Gasteiger partial charge in [-0.25, -0.2) is 0 Å². The molecular formula is C35H56O3SSi. The Hall–Kier alpha value is -0.773. The molecule has 0 aromatic rings. The van der Waals surface area contributed by atoms with Gasteiger partial charge in [0.1, 0.15) is 5.60 Å². The van der Waals surface area contributed by atoms with Crippen LogP contribution in [0.2, 0.25) is 18.1 Å². The molecule has 0 radical (unpaired) electrons. The van der Waals surface area contributed by atoms with Crippen LogP contribution in [-0.2, 0) is 4.43 Å². The second-order valence-electron chi connectivity index (χ2n) is 15.1. The molecule has 4 aliphatic carbocycles. The van der Waals surface area contributed by atoms with Crippen molar-refractivity contribution < 1.29 is 14.6 Å². The molecule has 0 aromatic carbocycles. The van der Waals surface area contributed by atoms with E-state index in [0.29, 0.717) is 29.9 Å². The highest BCUT2D eigenvalue weighted by atomic mass is 32.2. The minimum Gasteiger partial charge on any atom is -0.413 e. The van der Waals surface area contributed by atoms with Gasteiger partial charge in [0.25, 0.3) is 0 Å². The summed E-state index contributed by atoms with van der Waals surface area (Å²) in [6.45, 7) is 23.0. The Morgan fingerprint density at radius 2 is 1.82 bits per heavy atom. The van der Waals surface area contributed by atoms with E-state index >= 15 is 0 Å². The van der Waals surface area contributed by atoms with E-state index in [-0.39, 0.29) is 28.1 Å². The molecule has 3 unspecified atom stereocenters. The predicted octanol–water partition coefficient (Wildman–Crippen LogP) is 8.44. The molecule has 224 valence electrons. The number of aliphatic hydroxyl groups is 2. The molecule has 0 aromatic heterocycles. The molecule has 3 nitrogen and oxygen atoms in total. The van der Waals surface area contributed by atoms with Crippen LogP contribution in [0, 0.1) is 34.5 Å². The van der Waals surface area contributed by atoms with Crippen LogP contribution in [0.3, 0.4) is 0 Å². The molecule has 2 fully saturated rings. The van der Waals surface area contributed by atoms with Gasteiger partial charge >= 0.3 is 0 Å². The van der Waals surface area contributed by atoms with Gasteiger partial charge in [0.2, 0.25) is 0 Å². The maximum Gasteiger partial charge on any atom is 0.192 e.